The molecular formula is C21H14FN3O2S. The van der Waals surface area contributed by atoms with Crippen molar-refractivity contribution in [3.63, 3.8) is 0 Å². The summed E-state index contributed by atoms with van der Waals surface area (Å²) in [6, 6.07) is 13.3. The molecule has 0 spiro atoms. The van der Waals surface area contributed by atoms with Crippen molar-refractivity contribution in [3.05, 3.63) is 86.9 Å². The van der Waals surface area contributed by atoms with E-state index in [4.69, 9.17) is 0 Å². The molecule has 7 heteroatoms. The summed E-state index contributed by atoms with van der Waals surface area (Å²) >= 11 is 1.38. The fourth-order valence-corrected chi connectivity index (χ4v) is 4.70. The first-order valence-electron chi connectivity index (χ1n) is 8.65. The van der Waals surface area contributed by atoms with Gasteiger partial charge in [-0.3, -0.25) is 9.78 Å². The van der Waals surface area contributed by atoms with Gasteiger partial charge in [0.25, 0.3) is 5.56 Å². The van der Waals surface area contributed by atoms with Gasteiger partial charge in [0.15, 0.2) is 0 Å². The van der Waals surface area contributed by atoms with Gasteiger partial charge in [-0.1, -0.05) is 6.07 Å². The van der Waals surface area contributed by atoms with Crippen LogP contribution in [-0.2, 0) is 0 Å². The third-order valence-corrected chi connectivity index (χ3v) is 6.14. The summed E-state index contributed by atoms with van der Waals surface area (Å²) in [6.45, 7) is 1.88. The zero-order chi connectivity index (χ0) is 19.4. The van der Waals surface area contributed by atoms with Crippen LogP contribution >= 0.6 is 11.3 Å². The lowest BCUT2D eigenvalue weighted by atomic mass is 10.1. The average Bonchev–Trinajstić information content (AvgIpc) is 3.27. The Bertz CT molecular complexity index is 1470. The van der Waals surface area contributed by atoms with E-state index in [1.54, 1.807) is 0 Å². The summed E-state index contributed by atoms with van der Waals surface area (Å²) in [5, 5.41) is 1.55. The van der Waals surface area contributed by atoms with Crippen LogP contribution in [0, 0.1) is 12.7 Å². The molecule has 5 aromatic rings. The van der Waals surface area contributed by atoms with E-state index in [1.807, 2.05) is 31.3 Å². The van der Waals surface area contributed by atoms with Gasteiger partial charge < -0.3 is 4.98 Å². The molecule has 0 unspecified atom stereocenters. The minimum absolute atomic E-state index is 0.329. The number of aryl methyl sites for hydroxylation is 1. The van der Waals surface area contributed by atoms with Crippen molar-refractivity contribution in [2.24, 2.45) is 0 Å². The van der Waals surface area contributed by atoms with Gasteiger partial charge in [0.05, 0.1) is 11.1 Å². The Morgan fingerprint density at radius 1 is 1.04 bits per heavy atom. The molecule has 28 heavy (non-hydrogen) atoms. The number of aromatic amines is 2. The SMILES string of the molecule is Cc1c(-c2ccc3[nH]ccc3c2)sc2[nH]c(=O)n(-c3ccc(F)cc3)c(=O)c12. The van der Waals surface area contributed by atoms with Gasteiger partial charge in [0.1, 0.15) is 10.6 Å². The number of rotatable bonds is 2. The zero-order valence-corrected chi connectivity index (χ0v) is 15.6. The van der Waals surface area contributed by atoms with E-state index in [0.717, 1.165) is 31.5 Å². The third kappa shape index (κ3) is 2.44. The summed E-state index contributed by atoms with van der Waals surface area (Å²) in [7, 11) is 0. The Balaban J connectivity index is 1.77. The monoisotopic (exact) mass is 391 g/mol. The van der Waals surface area contributed by atoms with E-state index in [-0.39, 0.29) is 0 Å². The van der Waals surface area contributed by atoms with Gasteiger partial charge >= 0.3 is 5.69 Å². The topological polar surface area (TPSA) is 70.7 Å². The number of hydrogen-bond donors (Lipinski definition) is 2. The van der Waals surface area contributed by atoms with E-state index in [0.29, 0.717) is 15.9 Å². The molecule has 3 aromatic heterocycles. The molecule has 5 nitrogen and oxygen atoms in total. The molecule has 0 amide bonds. The molecule has 2 aromatic carbocycles. The zero-order valence-electron chi connectivity index (χ0n) is 14.7. The predicted molar refractivity (Wildman–Crippen MR) is 110 cm³/mol. The van der Waals surface area contributed by atoms with Crippen LogP contribution in [0.2, 0.25) is 0 Å². The van der Waals surface area contributed by atoms with Gasteiger partial charge in [-0.2, -0.15) is 0 Å². The second-order valence-electron chi connectivity index (χ2n) is 6.59. The van der Waals surface area contributed by atoms with Crippen LogP contribution in [0.25, 0.3) is 37.2 Å². The Labute approximate surface area is 161 Å². The molecular weight excluding hydrogens is 377 g/mol. The quantitative estimate of drug-likeness (QED) is 0.470. The van der Waals surface area contributed by atoms with Crippen LogP contribution in [0.15, 0.2) is 64.3 Å². The maximum Gasteiger partial charge on any atom is 0.334 e. The minimum Gasteiger partial charge on any atom is -0.361 e. The van der Waals surface area contributed by atoms with Crippen molar-refractivity contribution in [2.75, 3.05) is 0 Å². The van der Waals surface area contributed by atoms with Gasteiger partial charge in [0, 0.05) is 16.6 Å². The Hall–Kier alpha value is -3.45. The Morgan fingerprint density at radius 2 is 1.82 bits per heavy atom. The van der Waals surface area contributed by atoms with E-state index in [1.165, 1.54) is 35.6 Å². The van der Waals surface area contributed by atoms with Crippen molar-refractivity contribution in [1.29, 1.82) is 0 Å². The lowest BCUT2D eigenvalue weighted by Crippen LogP contribution is -2.33. The lowest BCUT2D eigenvalue weighted by Gasteiger charge is -2.05. The second-order valence-corrected chi connectivity index (χ2v) is 7.61. The van der Waals surface area contributed by atoms with Crippen molar-refractivity contribution >= 4 is 32.5 Å². The highest BCUT2D eigenvalue weighted by molar-refractivity contribution is 7.22. The molecule has 0 aliphatic rings. The second kappa shape index (κ2) is 6.03. The van der Waals surface area contributed by atoms with E-state index < -0.39 is 17.1 Å². The van der Waals surface area contributed by atoms with Gasteiger partial charge in [-0.25, -0.2) is 13.8 Å². The van der Waals surface area contributed by atoms with Crippen molar-refractivity contribution in [3.8, 4) is 16.1 Å². The molecule has 138 valence electrons. The molecule has 0 fully saturated rings. The van der Waals surface area contributed by atoms with Crippen LogP contribution in [0.5, 0.6) is 0 Å². The lowest BCUT2D eigenvalue weighted by molar-refractivity contribution is 0.627. The largest absolute Gasteiger partial charge is 0.361 e. The first-order chi connectivity index (χ1) is 13.5. The number of hydrogen-bond acceptors (Lipinski definition) is 3. The molecule has 5 rings (SSSR count). The maximum absolute atomic E-state index is 13.2. The van der Waals surface area contributed by atoms with Gasteiger partial charge in [-0.05, 0) is 65.9 Å². The standard InChI is InChI=1S/C21H14FN3O2S/c1-11-17-19(28-18(11)13-2-7-16-12(10-13)8-9-23-16)24-21(27)25(20(17)26)15-5-3-14(22)4-6-15/h2-10,23H,1H3,(H,24,27). The first-order valence-corrected chi connectivity index (χ1v) is 9.46. The highest BCUT2D eigenvalue weighted by Crippen LogP contribution is 2.36. The smallest absolute Gasteiger partial charge is 0.334 e. The van der Waals surface area contributed by atoms with Crippen molar-refractivity contribution < 1.29 is 4.39 Å². The highest BCUT2D eigenvalue weighted by Gasteiger charge is 2.18. The molecule has 0 radical (unpaired) electrons. The highest BCUT2D eigenvalue weighted by atomic mass is 32.1. The number of H-pyrrole nitrogens is 2. The van der Waals surface area contributed by atoms with Gasteiger partial charge in [-0.15, -0.1) is 11.3 Å². The minimum atomic E-state index is -0.544. The third-order valence-electron chi connectivity index (χ3n) is 4.89. The number of halogens is 1. The Kier molecular flexibility index (Phi) is 3.60. The fraction of sp³-hybridized carbons (Fsp3) is 0.0476. The summed E-state index contributed by atoms with van der Waals surface area (Å²) in [6.07, 6.45) is 1.88. The number of fused-ring (bicyclic) bond motifs is 2. The molecule has 2 N–H and O–H groups in total. The van der Waals surface area contributed by atoms with Crippen molar-refractivity contribution in [1.82, 2.24) is 14.5 Å². The van der Waals surface area contributed by atoms with Crippen LogP contribution in [0.4, 0.5) is 4.39 Å². The summed E-state index contributed by atoms with van der Waals surface area (Å²) < 4.78 is 14.3. The molecule has 3 heterocycles. The first kappa shape index (κ1) is 16.7. The van der Waals surface area contributed by atoms with Crippen molar-refractivity contribution in [2.45, 2.75) is 6.92 Å². The molecule has 0 aliphatic heterocycles. The van der Waals surface area contributed by atoms with Gasteiger partial charge in [0.2, 0.25) is 0 Å². The molecule has 0 bridgehead atoms. The molecule has 0 atom stereocenters. The molecule has 0 aliphatic carbocycles. The van der Waals surface area contributed by atoms with Crippen LogP contribution < -0.4 is 11.2 Å². The number of nitrogens with one attached hydrogen (secondary N) is 2. The van der Waals surface area contributed by atoms with Crippen LogP contribution in [-0.4, -0.2) is 14.5 Å². The summed E-state index contributed by atoms with van der Waals surface area (Å²) in [4.78, 5) is 33.1. The van der Waals surface area contributed by atoms with E-state index in [9.17, 15) is 14.0 Å². The van der Waals surface area contributed by atoms with Crippen LogP contribution in [0.1, 0.15) is 5.56 Å². The number of benzene rings is 2. The van der Waals surface area contributed by atoms with Crippen LogP contribution in [0.3, 0.4) is 0 Å². The Morgan fingerprint density at radius 3 is 2.61 bits per heavy atom. The maximum atomic E-state index is 13.2. The summed E-state index contributed by atoms with van der Waals surface area (Å²) in [5.74, 6) is -0.427. The average molecular weight is 391 g/mol. The van der Waals surface area contributed by atoms with E-state index in [2.05, 4.69) is 16.0 Å². The molecule has 0 saturated heterocycles. The summed E-state index contributed by atoms with van der Waals surface area (Å²) in [5.41, 5.74) is 2.21. The predicted octanol–water partition coefficient (Wildman–Crippen LogP) is 4.34. The number of nitrogens with zero attached hydrogens (tertiary/aromatic N) is 1. The molecule has 0 saturated carbocycles. The van der Waals surface area contributed by atoms with E-state index >= 15 is 0 Å². The number of aromatic nitrogens is 3. The normalized spacial score (nSPS) is 11.5. The number of thiophene rings is 1. The fourth-order valence-electron chi connectivity index (χ4n) is 3.51.